The number of amides is 1. The van der Waals surface area contributed by atoms with Gasteiger partial charge in [-0.05, 0) is 17.9 Å². The minimum absolute atomic E-state index is 0.0858. The second-order valence-electron chi connectivity index (χ2n) is 4.87. The molecular weight excluding hydrogens is 304 g/mol. The topological polar surface area (TPSA) is 51.0 Å². The summed E-state index contributed by atoms with van der Waals surface area (Å²) in [5.74, 6) is 1.38. The summed E-state index contributed by atoms with van der Waals surface area (Å²) in [4.78, 5) is 14.4. The third kappa shape index (κ3) is 4.07. The summed E-state index contributed by atoms with van der Waals surface area (Å²) in [5.41, 5.74) is 0. The lowest BCUT2D eigenvalue weighted by atomic mass is 10.3. The molecule has 0 unspecified atom stereocenters. The van der Waals surface area contributed by atoms with Gasteiger partial charge in [0.2, 0.25) is 5.91 Å². The van der Waals surface area contributed by atoms with E-state index in [1.165, 1.54) is 11.8 Å². The van der Waals surface area contributed by atoms with Crippen molar-refractivity contribution in [3.05, 3.63) is 17.5 Å². The minimum atomic E-state index is 0.0858. The van der Waals surface area contributed by atoms with E-state index in [4.69, 9.17) is 0 Å². The number of carbonyl (C=O) groups excluding carboxylic acids is 1. The Kier molecular flexibility index (Phi) is 5.81. The molecular formula is C14H20N4OS2. The van der Waals surface area contributed by atoms with E-state index in [0.29, 0.717) is 5.75 Å². The van der Waals surface area contributed by atoms with Crippen LogP contribution in [0.15, 0.2) is 22.7 Å². The average Bonchev–Trinajstić information content (AvgIpc) is 3.11. The Morgan fingerprint density at radius 1 is 1.43 bits per heavy atom. The molecule has 0 fully saturated rings. The molecule has 0 atom stereocenters. The van der Waals surface area contributed by atoms with Crippen LogP contribution in [0.3, 0.4) is 0 Å². The van der Waals surface area contributed by atoms with Gasteiger partial charge in [-0.15, -0.1) is 21.5 Å². The van der Waals surface area contributed by atoms with E-state index in [1.807, 2.05) is 11.4 Å². The average molecular weight is 324 g/mol. The lowest BCUT2D eigenvalue weighted by Crippen LogP contribution is -2.23. The Morgan fingerprint density at radius 3 is 2.86 bits per heavy atom. The second kappa shape index (κ2) is 7.61. The summed E-state index contributed by atoms with van der Waals surface area (Å²) in [6.07, 6.45) is 2.19. The first-order chi connectivity index (χ1) is 10.1. The first-order valence-electron chi connectivity index (χ1n) is 6.93. The SMILES string of the molecule is CCCCn1c(SCC(=O)N(C)C)nnc1-c1cccs1. The van der Waals surface area contributed by atoms with Crippen LogP contribution < -0.4 is 0 Å². The van der Waals surface area contributed by atoms with Crippen molar-refractivity contribution in [3.8, 4) is 10.7 Å². The highest BCUT2D eigenvalue weighted by Gasteiger charge is 2.16. The second-order valence-corrected chi connectivity index (χ2v) is 6.76. The number of unbranched alkanes of at least 4 members (excludes halogenated alkanes) is 1. The van der Waals surface area contributed by atoms with Crippen molar-refractivity contribution >= 4 is 29.0 Å². The third-order valence-electron chi connectivity index (χ3n) is 3.02. The van der Waals surface area contributed by atoms with Gasteiger partial charge in [0.25, 0.3) is 0 Å². The van der Waals surface area contributed by atoms with Crippen molar-refractivity contribution in [1.29, 1.82) is 0 Å². The van der Waals surface area contributed by atoms with Crippen LogP contribution in [0.2, 0.25) is 0 Å². The van der Waals surface area contributed by atoms with Crippen LogP contribution in [0.4, 0.5) is 0 Å². The molecule has 0 aliphatic rings. The smallest absolute Gasteiger partial charge is 0.232 e. The predicted molar refractivity (Wildman–Crippen MR) is 87.7 cm³/mol. The Bertz CT molecular complexity index is 578. The van der Waals surface area contributed by atoms with E-state index >= 15 is 0 Å². The van der Waals surface area contributed by atoms with Gasteiger partial charge in [-0.25, -0.2) is 0 Å². The fourth-order valence-electron chi connectivity index (χ4n) is 1.76. The van der Waals surface area contributed by atoms with Crippen LogP contribution in [0.1, 0.15) is 19.8 Å². The quantitative estimate of drug-likeness (QED) is 0.735. The molecule has 7 heteroatoms. The van der Waals surface area contributed by atoms with Crippen LogP contribution >= 0.6 is 23.1 Å². The van der Waals surface area contributed by atoms with Gasteiger partial charge in [-0.2, -0.15) is 0 Å². The molecule has 0 bridgehead atoms. The summed E-state index contributed by atoms with van der Waals surface area (Å²) < 4.78 is 2.13. The van der Waals surface area contributed by atoms with Crippen LogP contribution in [0.25, 0.3) is 10.7 Å². The molecule has 0 aromatic carbocycles. The van der Waals surface area contributed by atoms with E-state index in [1.54, 1.807) is 30.3 Å². The summed E-state index contributed by atoms with van der Waals surface area (Å²) in [6, 6.07) is 4.07. The van der Waals surface area contributed by atoms with Gasteiger partial charge in [0.1, 0.15) is 0 Å². The molecule has 2 heterocycles. The Morgan fingerprint density at radius 2 is 2.24 bits per heavy atom. The Hall–Kier alpha value is -1.34. The predicted octanol–water partition coefficient (Wildman–Crippen LogP) is 2.99. The molecule has 1 amide bonds. The summed E-state index contributed by atoms with van der Waals surface area (Å²) in [5, 5.41) is 11.4. The third-order valence-corrected chi connectivity index (χ3v) is 4.83. The highest BCUT2D eigenvalue weighted by molar-refractivity contribution is 7.99. The van der Waals surface area contributed by atoms with Crippen molar-refractivity contribution in [1.82, 2.24) is 19.7 Å². The van der Waals surface area contributed by atoms with E-state index < -0.39 is 0 Å². The molecule has 0 aliphatic carbocycles. The molecule has 0 saturated heterocycles. The molecule has 2 aromatic rings. The van der Waals surface area contributed by atoms with Gasteiger partial charge >= 0.3 is 0 Å². The van der Waals surface area contributed by atoms with Crippen molar-refractivity contribution < 1.29 is 4.79 Å². The van der Waals surface area contributed by atoms with E-state index in [9.17, 15) is 4.79 Å². The zero-order chi connectivity index (χ0) is 15.2. The number of thiophene rings is 1. The molecule has 0 saturated carbocycles. The normalized spacial score (nSPS) is 10.8. The molecule has 114 valence electrons. The molecule has 5 nitrogen and oxygen atoms in total. The van der Waals surface area contributed by atoms with Crippen molar-refractivity contribution in [3.63, 3.8) is 0 Å². The number of thioether (sulfide) groups is 1. The Balaban J connectivity index is 2.18. The maximum Gasteiger partial charge on any atom is 0.232 e. The molecule has 2 rings (SSSR count). The van der Waals surface area contributed by atoms with Gasteiger partial charge in [0, 0.05) is 20.6 Å². The largest absolute Gasteiger partial charge is 0.348 e. The number of hydrogen-bond donors (Lipinski definition) is 0. The molecule has 0 N–H and O–H groups in total. The minimum Gasteiger partial charge on any atom is -0.348 e. The van der Waals surface area contributed by atoms with Gasteiger partial charge < -0.3 is 9.47 Å². The lowest BCUT2D eigenvalue weighted by Gasteiger charge is -2.11. The fourth-order valence-corrected chi connectivity index (χ4v) is 3.42. The maximum absolute atomic E-state index is 11.7. The molecule has 0 aliphatic heterocycles. The first kappa shape index (κ1) is 16.0. The van der Waals surface area contributed by atoms with Gasteiger partial charge in [-0.3, -0.25) is 4.79 Å². The van der Waals surface area contributed by atoms with E-state index in [2.05, 4.69) is 27.8 Å². The summed E-state index contributed by atoms with van der Waals surface area (Å²) in [6.45, 7) is 3.05. The van der Waals surface area contributed by atoms with E-state index in [0.717, 1.165) is 35.2 Å². The maximum atomic E-state index is 11.7. The monoisotopic (exact) mass is 324 g/mol. The molecule has 2 aromatic heterocycles. The lowest BCUT2D eigenvalue weighted by molar-refractivity contribution is -0.125. The standard InChI is InChI=1S/C14H20N4OS2/c1-4-5-8-18-13(11-7-6-9-20-11)15-16-14(18)21-10-12(19)17(2)3/h6-7,9H,4-5,8,10H2,1-3H3. The van der Waals surface area contributed by atoms with Crippen LogP contribution in [-0.2, 0) is 11.3 Å². The number of rotatable bonds is 7. The van der Waals surface area contributed by atoms with E-state index in [-0.39, 0.29) is 5.91 Å². The number of carbonyl (C=O) groups is 1. The zero-order valence-electron chi connectivity index (χ0n) is 12.6. The number of aromatic nitrogens is 3. The van der Waals surface area contributed by atoms with Crippen molar-refractivity contribution in [2.45, 2.75) is 31.5 Å². The fraction of sp³-hybridized carbons (Fsp3) is 0.500. The zero-order valence-corrected chi connectivity index (χ0v) is 14.2. The number of nitrogens with zero attached hydrogens (tertiary/aromatic N) is 4. The highest BCUT2D eigenvalue weighted by atomic mass is 32.2. The van der Waals surface area contributed by atoms with Crippen molar-refractivity contribution in [2.75, 3.05) is 19.8 Å². The van der Waals surface area contributed by atoms with Crippen LogP contribution in [0, 0.1) is 0 Å². The van der Waals surface area contributed by atoms with Gasteiger partial charge in [0.05, 0.1) is 10.6 Å². The molecule has 0 radical (unpaired) electrons. The van der Waals surface area contributed by atoms with Crippen LogP contribution in [0.5, 0.6) is 0 Å². The first-order valence-corrected chi connectivity index (χ1v) is 8.80. The van der Waals surface area contributed by atoms with Crippen LogP contribution in [-0.4, -0.2) is 45.4 Å². The highest BCUT2D eigenvalue weighted by Crippen LogP contribution is 2.27. The Labute approximate surface area is 133 Å². The van der Waals surface area contributed by atoms with Gasteiger partial charge in [-0.1, -0.05) is 31.2 Å². The summed E-state index contributed by atoms with van der Waals surface area (Å²) in [7, 11) is 3.53. The number of hydrogen-bond acceptors (Lipinski definition) is 5. The molecule has 21 heavy (non-hydrogen) atoms. The van der Waals surface area contributed by atoms with Crippen molar-refractivity contribution in [2.24, 2.45) is 0 Å². The van der Waals surface area contributed by atoms with Gasteiger partial charge in [0.15, 0.2) is 11.0 Å². The molecule has 0 spiro atoms. The summed E-state index contributed by atoms with van der Waals surface area (Å²) >= 11 is 3.11.